The highest BCUT2D eigenvalue weighted by Crippen LogP contribution is 2.19. The van der Waals surface area contributed by atoms with Gasteiger partial charge in [0.15, 0.2) is 0 Å². The maximum atomic E-state index is 12.3. The highest BCUT2D eigenvalue weighted by molar-refractivity contribution is 6.27. The summed E-state index contributed by atoms with van der Waals surface area (Å²) in [4.78, 5) is 22.4. The largest absolute Gasteiger partial charge is 0.391 e. The summed E-state index contributed by atoms with van der Waals surface area (Å²) in [6.45, 7) is -0.0219. The van der Waals surface area contributed by atoms with Gasteiger partial charge in [0, 0.05) is 13.0 Å². The van der Waals surface area contributed by atoms with E-state index in [1.54, 1.807) is 0 Å². The summed E-state index contributed by atoms with van der Waals surface area (Å²) in [5.41, 5.74) is 0. The van der Waals surface area contributed by atoms with Gasteiger partial charge in [0.05, 0.1) is 6.10 Å². The number of carbonyl (C=O) groups excluding carboxylic acids is 2. The average molecular weight is 210 g/mol. The number of carbonyl (C=O) groups is 2. The Labute approximate surface area is 79.3 Å². The smallest absolute Gasteiger partial charge is 0.323 e. The van der Waals surface area contributed by atoms with Crippen LogP contribution in [0.15, 0.2) is 0 Å². The normalized spacial score (nSPS) is 27.8. The van der Waals surface area contributed by atoms with Gasteiger partial charge in [-0.25, -0.2) is 0 Å². The Morgan fingerprint density at radius 1 is 1.62 bits per heavy atom. The first-order valence-electron chi connectivity index (χ1n) is 3.79. The highest BCUT2D eigenvalue weighted by Gasteiger charge is 2.38. The van der Waals surface area contributed by atoms with Crippen LogP contribution in [0.4, 0.5) is 4.39 Å². The quantitative estimate of drug-likeness (QED) is 0.501. The van der Waals surface area contributed by atoms with Crippen LogP contribution in [0.1, 0.15) is 6.42 Å². The maximum absolute atomic E-state index is 12.3. The molecule has 6 heteroatoms. The van der Waals surface area contributed by atoms with Gasteiger partial charge in [-0.3, -0.25) is 9.59 Å². The molecular formula is C7H9ClFNO3. The molecule has 1 amide bonds. The van der Waals surface area contributed by atoms with E-state index in [-0.39, 0.29) is 18.8 Å². The molecule has 0 aliphatic carbocycles. The third-order valence-electron chi connectivity index (χ3n) is 1.98. The summed E-state index contributed by atoms with van der Waals surface area (Å²) >= 11 is 5.24. The van der Waals surface area contributed by atoms with Gasteiger partial charge in [0.2, 0.25) is 5.91 Å². The van der Waals surface area contributed by atoms with Crippen LogP contribution in [0.25, 0.3) is 0 Å². The topological polar surface area (TPSA) is 57.6 Å². The van der Waals surface area contributed by atoms with E-state index in [2.05, 4.69) is 0 Å². The lowest BCUT2D eigenvalue weighted by Crippen LogP contribution is -2.40. The van der Waals surface area contributed by atoms with Gasteiger partial charge >= 0.3 is 6.04 Å². The number of likely N-dealkylation sites (tertiary alicyclic amines) is 1. The fourth-order valence-electron chi connectivity index (χ4n) is 1.38. The highest BCUT2D eigenvalue weighted by atomic mass is 35.5. The van der Waals surface area contributed by atoms with Crippen molar-refractivity contribution in [1.82, 2.24) is 4.90 Å². The molecule has 0 unspecified atom stereocenters. The molecule has 0 saturated carbocycles. The first-order valence-corrected chi connectivity index (χ1v) is 4.32. The molecule has 1 saturated heterocycles. The van der Waals surface area contributed by atoms with E-state index in [4.69, 9.17) is 16.7 Å². The van der Waals surface area contributed by atoms with Crippen LogP contribution in [0.5, 0.6) is 0 Å². The van der Waals surface area contributed by atoms with Gasteiger partial charge in [0.1, 0.15) is 11.9 Å². The van der Waals surface area contributed by atoms with Crippen LogP contribution in [0, 0.1) is 0 Å². The number of hydrogen-bond acceptors (Lipinski definition) is 3. The molecule has 1 rings (SSSR count). The molecular weight excluding hydrogens is 201 g/mol. The molecule has 1 heterocycles. The van der Waals surface area contributed by atoms with Crippen LogP contribution < -0.4 is 0 Å². The molecule has 1 fully saturated rings. The van der Waals surface area contributed by atoms with Crippen molar-refractivity contribution in [2.45, 2.75) is 18.6 Å². The van der Waals surface area contributed by atoms with Gasteiger partial charge in [-0.1, -0.05) is 0 Å². The lowest BCUT2D eigenvalue weighted by atomic mass is 10.2. The van der Waals surface area contributed by atoms with Gasteiger partial charge in [-0.05, 0) is 0 Å². The maximum Gasteiger partial charge on any atom is 0.323 e. The SMILES string of the molecule is O=C(F)[C@@H]1C[C@@H](O)CN1C(=O)CCl. The summed E-state index contributed by atoms with van der Waals surface area (Å²) < 4.78 is 12.3. The first-order chi connectivity index (χ1) is 6.06. The predicted octanol–water partition coefficient (Wildman–Crippen LogP) is -0.317. The third kappa shape index (κ3) is 2.16. The molecule has 1 aliphatic rings. The fourth-order valence-corrected chi connectivity index (χ4v) is 1.53. The molecule has 0 radical (unpaired) electrons. The van der Waals surface area contributed by atoms with Crippen molar-refractivity contribution in [1.29, 1.82) is 0 Å². The molecule has 0 aromatic rings. The van der Waals surface area contributed by atoms with Crippen LogP contribution in [-0.2, 0) is 9.59 Å². The van der Waals surface area contributed by atoms with E-state index in [1.807, 2.05) is 0 Å². The Balaban J connectivity index is 2.71. The van der Waals surface area contributed by atoms with E-state index in [0.29, 0.717) is 0 Å². The second kappa shape index (κ2) is 4.02. The molecule has 0 bridgehead atoms. The number of β-amino-alcohol motifs (C(OH)–C–C–N with tert-alkyl or cyclic N) is 1. The Bertz CT molecular complexity index is 236. The monoisotopic (exact) mass is 209 g/mol. The van der Waals surface area contributed by atoms with Crippen molar-refractivity contribution in [3.63, 3.8) is 0 Å². The molecule has 0 spiro atoms. The summed E-state index contributed by atoms with van der Waals surface area (Å²) in [5.74, 6) is -0.842. The number of hydrogen-bond donors (Lipinski definition) is 1. The van der Waals surface area contributed by atoms with Crippen LogP contribution in [0.3, 0.4) is 0 Å². The van der Waals surface area contributed by atoms with E-state index in [9.17, 15) is 14.0 Å². The standard InChI is InChI=1S/C7H9ClFNO3/c8-2-6(12)10-3-4(11)1-5(10)7(9)13/h4-5,11H,1-3H2/t4-,5+/m1/s1. The minimum absolute atomic E-state index is 0.0219. The summed E-state index contributed by atoms with van der Waals surface area (Å²) in [6.07, 6.45) is -0.880. The summed E-state index contributed by atoms with van der Waals surface area (Å²) in [5, 5.41) is 9.11. The Hall–Kier alpha value is -0.680. The summed E-state index contributed by atoms with van der Waals surface area (Å²) in [7, 11) is 0. The van der Waals surface area contributed by atoms with Gasteiger partial charge in [-0.2, -0.15) is 4.39 Å². The molecule has 0 aromatic carbocycles. The molecule has 1 aliphatic heterocycles. The number of amides is 1. The number of nitrogens with zero attached hydrogens (tertiary/aromatic N) is 1. The van der Waals surface area contributed by atoms with E-state index < -0.39 is 24.1 Å². The average Bonchev–Trinajstić information content (AvgIpc) is 2.46. The molecule has 2 atom stereocenters. The number of alkyl halides is 1. The molecule has 13 heavy (non-hydrogen) atoms. The number of aliphatic hydroxyl groups excluding tert-OH is 1. The van der Waals surface area contributed by atoms with Crippen LogP contribution in [0.2, 0.25) is 0 Å². The fraction of sp³-hybridized carbons (Fsp3) is 0.714. The predicted molar refractivity (Wildman–Crippen MR) is 43.0 cm³/mol. The molecule has 1 N–H and O–H groups in total. The Morgan fingerprint density at radius 3 is 2.69 bits per heavy atom. The minimum Gasteiger partial charge on any atom is -0.391 e. The second-order valence-electron chi connectivity index (χ2n) is 2.89. The van der Waals surface area contributed by atoms with Gasteiger partial charge in [-0.15, -0.1) is 11.6 Å². The number of halogens is 2. The van der Waals surface area contributed by atoms with E-state index in [0.717, 1.165) is 4.90 Å². The van der Waals surface area contributed by atoms with Crippen LogP contribution >= 0.6 is 11.6 Å². The van der Waals surface area contributed by atoms with E-state index in [1.165, 1.54) is 0 Å². The number of rotatable bonds is 2. The summed E-state index contributed by atoms with van der Waals surface area (Å²) in [6, 6.07) is -2.75. The zero-order valence-corrected chi connectivity index (χ0v) is 7.50. The van der Waals surface area contributed by atoms with Crippen molar-refractivity contribution >= 4 is 23.5 Å². The Kier molecular flexibility index (Phi) is 3.22. The van der Waals surface area contributed by atoms with E-state index >= 15 is 0 Å². The minimum atomic E-state index is -1.60. The van der Waals surface area contributed by atoms with Crippen molar-refractivity contribution in [3.8, 4) is 0 Å². The number of aliphatic hydroxyl groups is 1. The molecule has 4 nitrogen and oxygen atoms in total. The van der Waals surface area contributed by atoms with Crippen molar-refractivity contribution in [2.24, 2.45) is 0 Å². The molecule has 0 aromatic heterocycles. The van der Waals surface area contributed by atoms with Crippen molar-refractivity contribution in [2.75, 3.05) is 12.4 Å². The zero-order chi connectivity index (χ0) is 10.0. The molecule has 74 valence electrons. The second-order valence-corrected chi connectivity index (χ2v) is 3.16. The van der Waals surface area contributed by atoms with Gasteiger partial charge in [0.25, 0.3) is 0 Å². The van der Waals surface area contributed by atoms with Crippen LogP contribution in [-0.4, -0.2) is 46.5 Å². The lowest BCUT2D eigenvalue weighted by molar-refractivity contribution is -0.141. The Morgan fingerprint density at radius 2 is 2.23 bits per heavy atom. The zero-order valence-electron chi connectivity index (χ0n) is 6.74. The first kappa shape index (κ1) is 10.4. The third-order valence-corrected chi connectivity index (χ3v) is 2.20. The lowest BCUT2D eigenvalue weighted by Gasteiger charge is -2.19. The van der Waals surface area contributed by atoms with Gasteiger partial charge < -0.3 is 10.0 Å². The van der Waals surface area contributed by atoms with Crippen molar-refractivity contribution < 1.29 is 19.1 Å². The van der Waals surface area contributed by atoms with Crippen molar-refractivity contribution in [3.05, 3.63) is 0 Å².